The molecule has 96 valence electrons. The quantitative estimate of drug-likeness (QED) is 0.894. The monoisotopic (exact) mass is 264 g/mol. The Hall–Kier alpha value is -1.49. The number of nitrogens with one attached hydrogen (secondary N) is 1. The van der Waals surface area contributed by atoms with Crippen LogP contribution in [0, 0.1) is 0 Å². The molecule has 0 bridgehead atoms. The number of benzene rings is 1. The van der Waals surface area contributed by atoms with Gasteiger partial charge in [-0.25, -0.2) is 0 Å². The summed E-state index contributed by atoms with van der Waals surface area (Å²) in [5, 5.41) is 2.90. The highest BCUT2D eigenvalue weighted by molar-refractivity contribution is 8.00. The lowest BCUT2D eigenvalue weighted by molar-refractivity contribution is -0.132. The maximum Gasteiger partial charge on any atom is 0.240 e. The molecule has 1 N–H and O–H groups in total. The van der Waals surface area contributed by atoms with Crippen LogP contribution < -0.4 is 5.32 Å². The first-order valence-electron chi connectivity index (χ1n) is 5.86. The standard InChI is InChI=1S/C13H16N2O2S/c1-10(11-5-3-2-4-6-11)14-12(16)7-15-9-18-8-13(15)17/h2-6,10H,7-9H2,1H3,(H,14,16). The predicted octanol–water partition coefficient (Wildman–Crippen LogP) is 1.40. The normalized spacial score (nSPS) is 16.7. The Labute approximate surface area is 111 Å². The number of hydrogen-bond donors (Lipinski definition) is 1. The molecule has 1 aliphatic heterocycles. The molecule has 0 saturated carbocycles. The van der Waals surface area contributed by atoms with Crippen LogP contribution in [0.15, 0.2) is 30.3 Å². The second-order valence-corrected chi connectivity index (χ2v) is 5.22. The fourth-order valence-electron chi connectivity index (χ4n) is 1.83. The van der Waals surface area contributed by atoms with Crippen LogP contribution in [-0.2, 0) is 9.59 Å². The SMILES string of the molecule is CC(NC(=O)CN1CSCC1=O)c1ccccc1. The van der Waals surface area contributed by atoms with Crippen molar-refractivity contribution in [2.75, 3.05) is 18.2 Å². The number of carbonyl (C=O) groups is 2. The van der Waals surface area contributed by atoms with Crippen LogP contribution in [0.25, 0.3) is 0 Å². The summed E-state index contributed by atoms with van der Waals surface area (Å²) in [4.78, 5) is 24.8. The van der Waals surface area contributed by atoms with Gasteiger partial charge in [0.05, 0.1) is 17.7 Å². The summed E-state index contributed by atoms with van der Waals surface area (Å²) in [7, 11) is 0. The van der Waals surface area contributed by atoms with Crippen molar-refractivity contribution in [3.63, 3.8) is 0 Å². The van der Waals surface area contributed by atoms with Gasteiger partial charge in [-0.15, -0.1) is 11.8 Å². The Kier molecular flexibility index (Phi) is 4.25. The van der Waals surface area contributed by atoms with Gasteiger partial charge in [0.15, 0.2) is 0 Å². The third-order valence-corrected chi connectivity index (χ3v) is 3.78. The molecule has 0 aliphatic carbocycles. The van der Waals surface area contributed by atoms with E-state index in [4.69, 9.17) is 0 Å². The van der Waals surface area contributed by atoms with Crippen molar-refractivity contribution in [2.24, 2.45) is 0 Å². The first kappa shape index (κ1) is 13.0. The highest BCUT2D eigenvalue weighted by Crippen LogP contribution is 2.15. The lowest BCUT2D eigenvalue weighted by Gasteiger charge is -2.18. The van der Waals surface area contributed by atoms with E-state index in [0.29, 0.717) is 11.6 Å². The summed E-state index contributed by atoms with van der Waals surface area (Å²) in [5.41, 5.74) is 1.06. The van der Waals surface area contributed by atoms with Gasteiger partial charge >= 0.3 is 0 Å². The van der Waals surface area contributed by atoms with E-state index in [0.717, 1.165) is 5.56 Å². The highest BCUT2D eigenvalue weighted by Gasteiger charge is 2.23. The third kappa shape index (κ3) is 3.26. The first-order valence-corrected chi connectivity index (χ1v) is 7.02. The number of thioether (sulfide) groups is 1. The van der Waals surface area contributed by atoms with Gasteiger partial charge in [0, 0.05) is 0 Å². The Balaban J connectivity index is 1.86. The second-order valence-electron chi connectivity index (χ2n) is 4.27. The maximum absolute atomic E-state index is 11.8. The molecule has 18 heavy (non-hydrogen) atoms. The van der Waals surface area contributed by atoms with Crippen LogP contribution in [-0.4, -0.2) is 34.9 Å². The Bertz CT molecular complexity index is 436. The molecule has 1 unspecified atom stereocenters. The zero-order valence-corrected chi connectivity index (χ0v) is 11.1. The molecule has 0 spiro atoms. The van der Waals surface area contributed by atoms with Crippen molar-refractivity contribution >= 4 is 23.6 Å². The van der Waals surface area contributed by atoms with Gasteiger partial charge in [-0.1, -0.05) is 30.3 Å². The van der Waals surface area contributed by atoms with E-state index < -0.39 is 0 Å². The van der Waals surface area contributed by atoms with Crippen molar-refractivity contribution in [3.05, 3.63) is 35.9 Å². The molecule has 2 rings (SSSR count). The maximum atomic E-state index is 11.8. The Morgan fingerprint density at radius 2 is 2.17 bits per heavy atom. The summed E-state index contributed by atoms with van der Waals surface area (Å²) >= 11 is 1.54. The van der Waals surface area contributed by atoms with E-state index in [9.17, 15) is 9.59 Å². The average molecular weight is 264 g/mol. The molecule has 1 fully saturated rings. The molecule has 2 amide bonds. The lowest BCUT2D eigenvalue weighted by atomic mass is 10.1. The number of nitrogens with zero attached hydrogens (tertiary/aromatic N) is 1. The molecular weight excluding hydrogens is 248 g/mol. The highest BCUT2D eigenvalue weighted by atomic mass is 32.2. The van der Waals surface area contributed by atoms with Crippen LogP contribution in [0.4, 0.5) is 0 Å². The number of hydrogen-bond acceptors (Lipinski definition) is 3. The minimum Gasteiger partial charge on any atom is -0.348 e. The van der Waals surface area contributed by atoms with Crippen LogP contribution in [0.1, 0.15) is 18.5 Å². The van der Waals surface area contributed by atoms with Gasteiger partial charge in [-0.2, -0.15) is 0 Å². The molecule has 4 nitrogen and oxygen atoms in total. The van der Waals surface area contributed by atoms with Gasteiger partial charge in [-0.3, -0.25) is 9.59 Å². The second kappa shape index (κ2) is 5.91. The van der Waals surface area contributed by atoms with Crippen LogP contribution in [0.3, 0.4) is 0 Å². The predicted molar refractivity (Wildman–Crippen MR) is 72.0 cm³/mol. The van der Waals surface area contributed by atoms with E-state index >= 15 is 0 Å². The fourth-order valence-corrected chi connectivity index (χ4v) is 2.73. The van der Waals surface area contributed by atoms with E-state index in [-0.39, 0.29) is 24.4 Å². The van der Waals surface area contributed by atoms with Crippen molar-refractivity contribution in [2.45, 2.75) is 13.0 Å². The largest absolute Gasteiger partial charge is 0.348 e. The fraction of sp³-hybridized carbons (Fsp3) is 0.385. The van der Waals surface area contributed by atoms with Crippen molar-refractivity contribution in [1.82, 2.24) is 10.2 Å². The van der Waals surface area contributed by atoms with Gasteiger partial charge in [0.25, 0.3) is 0 Å². The zero-order valence-electron chi connectivity index (χ0n) is 10.3. The Morgan fingerprint density at radius 3 is 2.78 bits per heavy atom. The number of carbonyl (C=O) groups excluding carboxylic acids is 2. The summed E-state index contributed by atoms with van der Waals surface area (Å²) in [6.07, 6.45) is 0. The number of rotatable bonds is 4. The minimum absolute atomic E-state index is 0.0379. The molecule has 1 aromatic carbocycles. The third-order valence-electron chi connectivity index (χ3n) is 2.84. The molecular formula is C13H16N2O2S. The van der Waals surface area contributed by atoms with Crippen molar-refractivity contribution in [3.8, 4) is 0 Å². The van der Waals surface area contributed by atoms with E-state index in [2.05, 4.69) is 5.32 Å². The van der Waals surface area contributed by atoms with E-state index in [1.54, 1.807) is 16.7 Å². The molecule has 1 aromatic rings. The number of amides is 2. The van der Waals surface area contributed by atoms with Crippen molar-refractivity contribution < 1.29 is 9.59 Å². The molecule has 0 radical (unpaired) electrons. The smallest absolute Gasteiger partial charge is 0.240 e. The van der Waals surface area contributed by atoms with Crippen LogP contribution in [0.5, 0.6) is 0 Å². The molecule has 5 heteroatoms. The topological polar surface area (TPSA) is 49.4 Å². The van der Waals surface area contributed by atoms with E-state index in [1.807, 2.05) is 37.3 Å². The van der Waals surface area contributed by atoms with Gasteiger partial charge in [0.2, 0.25) is 11.8 Å². The lowest BCUT2D eigenvalue weighted by Crippen LogP contribution is -2.39. The minimum atomic E-state index is -0.109. The van der Waals surface area contributed by atoms with Crippen molar-refractivity contribution in [1.29, 1.82) is 0 Å². The molecule has 1 heterocycles. The molecule has 0 aromatic heterocycles. The molecule has 1 saturated heterocycles. The van der Waals surface area contributed by atoms with Crippen LogP contribution >= 0.6 is 11.8 Å². The van der Waals surface area contributed by atoms with Gasteiger partial charge in [0.1, 0.15) is 6.54 Å². The summed E-state index contributed by atoms with van der Waals surface area (Å²) < 4.78 is 0. The first-order chi connectivity index (χ1) is 8.66. The summed E-state index contributed by atoms with van der Waals surface area (Å²) in [5.74, 6) is 1.04. The van der Waals surface area contributed by atoms with Gasteiger partial charge in [-0.05, 0) is 12.5 Å². The Morgan fingerprint density at radius 1 is 1.44 bits per heavy atom. The summed E-state index contributed by atoms with van der Waals surface area (Å²) in [6.45, 7) is 2.09. The average Bonchev–Trinajstić information content (AvgIpc) is 2.76. The molecule has 1 aliphatic rings. The van der Waals surface area contributed by atoms with Crippen LogP contribution in [0.2, 0.25) is 0 Å². The zero-order chi connectivity index (χ0) is 13.0. The van der Waals surface area contributed by atoms with E-state index in [1.165, 1.54) is 0 Å². The summed E-state index contributed by atoms with van der Waals surface area (Å²) in [6, 6.07) is 9.74. The molecule has 1 atom stereocenters. The van der Waals surface area contributed by atoms with Gasteiger partial charge < -0.3 is 10.2 Å².